The van der Waals surface area contributed by atoms with Gasteiger partial charge in [-0.2, -0.15) is 0 Å². The lowest BCUT2D eigenvalue weighted by molar-refractivity contribution is -0.135. The first-order valence-corrected chi connectivity index (χ1v) is 9.79. The van der Waals surface area contributed by atoms with Gasteiger partial charge >= 0.3 is 0 Å². The minimum absolute atomic E-state index is 0.124. The van der Waals surface area contributed by atoms with Crippen molar-refractivity contribution in [1.82, 2.24) is 4.90 Å². The highest BCUT2D eigenvalue weighted by Crippen LogP contribution is 2.39. The Bertz CT molecular complexity index is 942. The molecule has 0 saturated carbocycles. The number of hydrogen-bond donors (Lipinski definition) is 0. The largest absolute Gasteiger partial charge is 0.476 e. The van der Waals surface area contributed by atoms with Gasteiger partial charge in [0.15, 0.2) is 6.10 Å². The molecule has 0 radical (unpaired) electrons. The van der Waals surface area contributed by atoms with E-state index < -0.39 is 16.1 Å². The van der Waals surface area contributed by atoms with Crippen molar-refractivity contribution >= 4 is 33.2 Å². The first-order chi connectivity index (χ1) is 12.2. The van der Waals surface area contributed by atoms with Crippen LogP contribution in [-0.2, 0) is 14.8 Å². The number of benzene rings is 2. The molecular formula is C18H19ClN2O4S. The third kappa shape index (κ3) is 3.37. The lowest BCUT2D eigenvalue weighted by Gasteiger charge is -2.35. The van der Waals surface area contributed by atoms with Crippen LogP contribution in [0.25, 0.3) is 0 Å². The number of nitrogens with zero attached hydrogens (tertiary/aromatic N) is 2. The van der Waals surface area contributed by atoms with Crippen molar-refractivity contribution in [3.05, 3.63) is 53.1 Å². The van der Waals surface area contributed by atoms with Crippen molar-refractivity contribution in [3.63, 3.8) is 0 Å². The number of halogens is 1. The lowest BCUT2D eigenvalue weighted by atomic mass is 10.2. The highest BCUT2D eigenvalue weighted by atomic mass is 35.5. The molecule has 1 heterocycles. The minimum Gasteiger partial charge on any atom is -0.476 e. The summed E-state index contributed by atoms with van der Waals surface area (Å²) >= 11 is 6.06. The van der Waals surface area contributed by atoms with Crippen molar-refractivity contribution in [1.29, 1.82) is 0 Å². The quantitative estimate of drug-likeness (QED) is 0.802. The number of carbonyl (C=O) groups excluding carboxylic acids is 1. The summed E-state index contributed by atoms with van der Waals surface area (Å²) in [6.45, 7) is 1.76. The summed E-state index contributed by atoms with van der Waals surface area (Å²) in [5, 5.41) is 0.383. The Morgan fingerprint density at radius 2 is 1.85 bits per heavy atom. The molecule has 0 bridgehead atoms. The average Bonchev–Trinajstić information content (AvgIpc) is 2.60. The SMILES string of the molecule is Cc1ccc(S(=O)(=O)N2CC(C(=O)N(C)C)Oc3ccc(Cl)cc32)cc1. The van der Waals surface area contributed by atoms with E-state index in [0.717, 1.165) is 5.56 Å². The van der Waals surface area contributed by atoms with Crippen LogP contribution in [0.4, 0.5) is 5.69 Å². The van der Waals surface area contributed by atoms with Gasteiger partial charge in [0.2, 0.25) is 0 Å². The van der Waals surface area contributed by atoms with E-state index >= 15 is 0 Å². The number of sulfonamides is 1. The Labute approximate surface area is 158 Å². The van der Waals surface area contributed by atoms with Crippen molar-refractivity contribution < 1.29 is 17.9 Å². The van der Waals surface area contributed by atoms with Gasteiger partial charge in [-0.15, -0.1) is 0 Å². The topological polar surface area (TPSA) is 66.9 Å². The second-order valence-electron chi connectivity index (χ2n) is 6.30. The second kappa shape index (κ2) is 6.81. The summed E-state index contributed by atoms with van der Waals surface area (Å²) in [4.78, 5) is 13.9. The highest BCUT2D eigenvalue weighted by molar-refractivity contribution is 7.92. The molecule has 2 aromatic carbocycles. The van der Waals surface area contributed by atoms with Crippen molar-refractivity contribution in [2.24, 2.45) is 0 Å². The third-order valence-corrected chi connectivity index (χ3v) is 6.14. The summed E-state index contributed by atoms with van der Waals surface area (Å²) in [7, 11) is -0.679. The Balaban J connectivity index is 2.10. The summed E-state index contributed by atoms with van der Waals surface area (Å²) < 4.78 is 33.3. The standard InChI is InChI=1S/C18H19ClN2O4S/c1-12-4-7-14(8-5-12)26(23,24)21-11-17(18(22)20(2)3)25-16-9-6-13(19)10-15(16)21/h4-10,17H,11H2,1-3H3. The first-order valence-electron chi connectivity index (χ1n) is 7.97. The molecule has 0 N–H and O–H groups in total. The van der Waals surface area contributed by atoms with Crippen molar-refractivity contribution in [2.75, 3.05) is 24.9 Å². The zero-order chi connectivity index (χ0) is 19.1. The number of fused-ring (bicyclic) bond motifs is 1. The predicted octanol–water partition coefficient (Wildman–Crippen LogP) is 2.69. The number of likely N-dealkylation sites (N-methyl/N-ethyl adjacent to an activating group) is 1. The zero-order valence-corrected chi connectivity index (χ0v) is 16.2. The van der Waals surface area contributed by atoms with Gasteiger partial charge in [-0.3, -0.25) is 9.10 Å². The predicted molar refractivity (Wildman–Crippen MR) is 100 cm³/mol. The summed E-state index contributed by atoms with van der Waals surface area (Å²) in [6.07, 6.45) is -0.932. The van der Waals surface area contributed by atoms with Gasteiger partial charge in [0.1, 0.15) is 5.75 Å². The molecule has 6 nitrogen and oxygen atoms in total. The number of amides is 1. The van der Waals surface area contributed by atoms with Gasteiger partial charge in [-0.1, -0.05) is 29.3 Å². The Hall–Kier alpha value is -2.25. The lowest BCUT2D eigenvalue weighted by Crippen LogP contribution is -2.50. The van der Waals surface area contributed by atoms with E-state index in [0.29, 0.717) is 16.5 Å². The van der Waals surface area contributed by atoms with Crippen LogP contribution < -0.4 is 9.04 Å². The van der Waals surface area contributed by atoms with E-state index in [9.17, 15) is 13.2 Å². The normalized spacial score (nSPS) is 16.6. The second-order valence-corrected chi connectivity index (χ2v) is 8.60. The smallest absolute Gasteiger partial charge is 0.265 e. The molecule has 1 amide bonds. The average molecular weight is 395 g/mol. The molecule has 3 rings (SSSR count). The van der Waals surface area contributed by atoms with E-state index in [4.69, 9.17) is 16.3 Å². The summed E-state index contributed by atoms with van der Waals surface area (Å²) in [5.41, 5.74) is 1.27. The number of aryl methyl sites for hydroxylation is 1. The van der Waals surface area contributed by atoms with Crippen molar-refractivity contribution in [2.45, 2.75) is 17.9 Å². The van der Waals surface area contributed by atoms with Gasteiger partial charge < -0.3 is 9.64 Å². The van der Waals surface area contributed by atoms with Crippen LogP contribution >= 0.6 is 11.6 Å². The van der Waals surface area contributed by atoms with E-state index in [1.165, 1.54) is 15.3 Å². The molecule has 8 heteroatoms. The van der Waals surface area contributed by atoms with Crippen LogP contribution in [0.1, 0.15) is 5.56 Å². The minimum atomic E-state index is -3.88. The first kappa shape index (κ1) is 18.5. The van der Waals surface area contributed by atoms with Gasteiger partial charge in [0, 0.05) is 19.1 Å². The molecule has 0 saturated heterocycles. The molecule has 1 aliphatic rings. The van der Waals surface area contributed by atoms with Crippen LogP contribution in [0.15, 0.2) is 47.4 Å². The van der Waals surface area contributed by atoms with Gasteiger partial charge in [0.25, 0.3) is 15.9 Å². The third-order valence-electron chi connectivity index (χ3n) is 4.12. The molecule has 1 unspecified atom stereocenters. The fraction of sp³-hybridized carbons (Fsp3) is 0.278. The zero-order valence-electron chi connectivity index (χ0n) is 14.6. The van der Waals surface area contributed by atoms with Crippen LogP contribution in [0.2, 0.25) is 5.02 Å². The Morgan fingerprint density at radius 1 is 1.19 bits per heavy atom. The van der Waals surface area contributed by atoms with Crippen LogP contribution in [-0.4, -0.2) is 46.0 Å². The number of hydrogen-bond acceptors (Lipinski definition) is 4. The maximum atomic E-state index is 13.2. The number of carbonyl (C=O) groups is 1. The van der Waals surface area contributed by atoms with Crippen LogP contribution in [0.5, 0.6) is 5.75 Å². The van der Waals surface area contributed by atoms with E-state index in [2.05, 4.69) is 0 Å². The van der Waals surface area contributed by atoms with Crippen LogP contribution in [0.3, 0.4) is 0 Å². The van der Waals surface area contributed by atoms with Crippen LogP contribution in [0, 0.1) is 6.92 Å². The molecule has 2 aromatic rings. The number of rotatable bonds is 3. The molecule has 138 valence electrons. The maximum absolute atomic E-state index is 13.2. The van der Waals surface area contributed by atoms with Gasteiger partial charge in [-0.25, -0.2) is 8.42 Å². The van der Waals surface area contributed by atoms with Crippen molar-refractivity contribution in [3.8, 4) is 5.75 Å². The van der Waals surface area contributed by atoms with E-state index in [-0.39, 0.29) is 17.3 Å². The monoisotopic (exact) mass is 394 g/mol. The fourth-order valence-corrected chi connectivity index (χ4v) is 4.34. The molecule has 0 fully saturated rings. The number of ether oxygens (including phenoxy) is 1. The molecule has 1 atom stereocenters. The molecule has 26 heavy (non-hydrogen) atoms. The maximum Gasteiger partial charge on any atom is 0.265 e. The highest BCUT2D eigenvalue weighted by Gasteiger charge is 2.38. The number of anilines is 1. The Morgan fingerprint density at radius 3 is 2.46 bits per heavy atom. The Kier molecular flexibility index (Phi) is 4.86. The molecule has 0 aromatic heterocycles. The fourth-order valence-electron chi connectivity index (χ4n) is 2.71. The van der Waals surface area contributed by atoms with E-state index in [1.807, 2.05) is 6.92 Å². The molecule has 0 aliphatic carbocycles. The van der Waals surface area contributed by atoms with Gasteiger partial charge in [-0.05, 0) is 37.3 Å². The summed E-state index contributed by atoms with van der Waals surface area (Å²) in [6, 6.07) is 11.3. The van der Waals surface area contributed by atoms with E-state index in [1.54, 1.807) is 50.5 Å². The molecular weight excluding hydrogens is 376 g/mol. The van der Waals surface area contributed by atoms with Gasteiger partial charge in [0.05, 0.1) is 17.1 Å². The molecule has 1 aliphatic heterocycles. The molecule has 0 spiro atoms. The summed E-state index contributed by atoms with van der Waals surface area (Å²) in [5.74, 6) is -0.00811.